The summed E-state index contributed by atoms with van der Waals surface area (Å²) < 4.78 is 6.21. The van der Waals surface area contributed by atoms with Crippen LogP contribution in [0.3, 0.4) is 0 Å². The fraction of sp³-hybridized carbons (Fsp3) is 0.400. The van der Waals surface area contributed by atoms with Crippen LogP contribution in [0.4, 0.5) is 0 Å². The van der Waals surface area contributed by atoms with Gasteiger partial charge in [-0.2, -0.15) is 0 Å². The second-order valence-corrected chi connectivity index (χ2v) is 9.52. The van der Waals surface area contributed by atoms with Gasteiger partial charge in [0.1, 0.15) is 5.75 Å². The number of aromatic hydroxyl groups is 1. The molecule has 1 aromatic rings. The molecule has 0 spiro atoms. The number of esters is 1. The number of benzene rings is 1. The Hall–Kier alpha value is -1.60. The van der Waals surface area contributed by atoms with E-state index in [1.54, 1.807) is 19.1 Å². The van der Waals surface area contributed by atoms with Crippen molar-refractivity contribution < 1.29 is 19.4 Å². The van der Waals surface area contributed by atoms with Gasteiger partial charge in [-0.1, -0.05) is 29.8 Å². The zero-order valence-electron chi connectivity index (χ0n) is 15.6. The van der Waals surface area contributed by atoms with E-state index in [4.69, 9.17) is 4.74 Å². The Morgan fingerprint density at radius 1 is 1.30 bits per heavy atom. The molecule has 3 rings (SSSR count). The quantitative estimate of drug-likeness (QED) is 0.578. The zero-order valence-corrected chi connectivity index (χ0v) is 18.7. The molecule has 0 saturated heterocycles. The minimum absolute atomic E-state index is 0.00351. The number of carbonyl (C=O) groups is 2. The number of rotatable bonds is 2. The molecule has 0 amide bonds. The molecule has 5 nitrogen and oxygen atoms in total. The maximum atomic E-state index is 13.1. The minimum atomic E-state index is -0.689. The number of allylic oxidation sites excluding steroid dienone is 3. The molecular weight excluding hydrogens is 478 g/mol. The summed E-state index contributed by atoms with van der Waals surface area (Å²) >= 11 is 6.78. The van der Waals surface area contributed by atoms with Crippen LogP contribution in [0.25, 0.3) is 0 Å². The second kappa shape index (κ2) is 7.09. The topological polar surface area (TPSA) is 75.6 Å². The summed E-state index contributed by atoms with van der Waals surface area (Å²) in [6.07, 6.45) is 1.07. The molecule has 1 aliphatic heterocycles. The fourth-order valence-electron chi connectivity index (χ4n) is 3.93. The first kappa shape index (κ1) is 20.1. The molecule has 0 radical (unpaired) electrons. The van der Waals surface area contributed by atoms with Crippen LogP contribution in [0.15, 0.2) is 43.6 Å². The van der Waals surface area contributed by atoms with Crippen LogP contribution in [-0.4, -0.2) is 24.0 Å². The number of nitrogens with one attached hydrogen (secondary N) is 1. The normalized spacial score (nSPS) is 21.7. The van der Waals surface area contributed by atoms with Gasteiger partial charge in [0.25, 0.3) is 0 Å². The van der Waals surface area contributed by atoms with Gasteiger partial charge in [0.05, 0.1) is 23.1 Å². The first-order valence-electron chi connectivity index (χ1n) is 8.56. The van der Waals surface area contributed by atoms with E-state index in [9.17, 15) is 14.7 Å². The van der Waals surface area contributed by atoms with Gasteiger partial charge in [0.15, 0.2) is 5.78 Å². The SMILES string of the molecule is COC(=O)C1=C(C)NC2=C(C(=O)CC(C)(C)C2)[C@H]1c1cc(Br)cc(Br)c1O. The van der Waals surface area contributed by atoms with Crippen molar-refractivity contribution >= 4 is 43.6 Å². The van der Waals surface area contributed by atoms with Crippen molar-refractivity contribution in [1.29, 1.82) is 0 Å². The number of methoxy groups -OCH3 is 1. The summed E-state index contributed by atoms with van der Waals surface area (Å²) in [5, 5.41) is 14.0. The first-order valence-corrected chi connectivity index (χ1v) is 10.1. The predicted octanol–water partition coefficient (Wildman–Crippen LogP) is 4.69. The molecular formula is C20H21Br2NO4. The highest BCUT2D eigenvalue weighted by Crippen LogP contribution is 2.50. The number of Topliss-reactive ketones (excluding diaryl/α,β-unsaturated/α-hetero) is 1. The van der Waals surface area contributed by atoms with Gasteiger partial charge in [-0.05, 0) is 46.8 Å². The summed E-state index contributed by atoms with van der Waals surface area (Å²) in [5.41, 5.74) is 2.62. The minimum Gasteiger partial charge on any atom is -0.506 e. The average molecular weight is 499 g/mol. The zero-order chi connectivity index (χ0) is 20.1. The van der Waals surface area contributed by atoms with E-state index in [0.717, 1.165) is 10.2 Å². The molecule has 0 bridgehead atoms. The Balaban J connectivity index is 2.30. The number of phenols is 1. The van der Waals surface area contributed by atoms with Gasteiger partial charge < -0.3 is 15.2 Å². The lowest BCUT2D eigenvalue weighted by molar-refractivity contribution is -0.136. The smallest absolute Gasteiger partial charge is 0.336 e. The molecule has 0 fully saturated rings. The molecule has 0 aromatic heterocycles. The maximum absolute atomic E-state index is 13.1. The molecule has 0 unspecified atom stereocenters. The largest absolute Gasteiger partial charge is 0.506 e. The lowest BCUT2D eigenvalue weighted by Gasteiger charge is -2.39. The van der Waals surface area contributed by atoms with Crippen molar-refractivity contribution in [1.82, 2.24) is 5.32 Å². The number of hydrogen-bond donors (Lipinski definition) is 2. The number of hydrogen-bond acceptors (Lipinski definition) is 5. The molecule has 2 aliphatic rings. The van der Waals surface area contributed by atoms with E-state index in [2.05, 4.69) is 37.2 Å². The van der Waals surface area contributed by atoms with Crippen LogP contribution in [0.5, 0.6) is 5.75 Å². The standard InChI is InChI=1S/C20H21Br2NO4/c1-9-15(19(26)27-4)16(11-5-10(21)6-12(22)18(11)25)17-13(23-9)7-20(2,3)8-14(17)24/h5-6,16,23,25H,7-8H2,1-4H3/t16-/m0/s1. The molecule has 1 aromatic carbocycles. The summed E-state index contributed by atoms with van der Waals surface area (Å²) in [6, 6.07) is 3.46. The molecule has 1 heterocycles. The van der Waals surface area contributed by atoms with E-state index in [-0.39, 0.29) is 16.9 Å². The number of phenolic OH excluding ortho intramolecular Hbond substituents is 1. The van der Waals surface area contributed by atoms with Crippen molar-refractivity contribution in [2.45, 2.75) is 39.5 Å². The lowest BCUT2D eigenvalue weighted by Crippen LogP contribution is -2.38. The van der Waals surface area contributed by atoms with Crippen molar-refractivity contribution in [3.8, 4) is 5.75 Å². The summed E-state index contributed by atoms with van der Waals surface area (Å²) in [6.45, 7) is 5.89. The Morgan fingerprint density at radius 3 is 2.59 bits per heavy atom. The van der Waals surface area contributed by atoms with E-state index < -0.39 is 11.9 Å². The maximum Gasteiger partial charge on any atom is 0.336 e. The molecule has 144 valence electrons. The van der Waals surface area contributed by atoms with Crippen LogP contribution in [0, 0.1) is 5.41 Å². The average Bonchev–Trinajstić information content (AvgIpc) is 2.55. The van der Waals surface area contributed by atoms with E-state index in [1.807, 2.05) is 13.8 Å². The first-order chi connectivity index (χ1) is 12.6. The van der Waals surface area contributed by atoms with Crippen molar-refractivity contribution in [2.75, 3.05) is 7.11 Å². The third-order valence-corrected chi connectivity index (χ3v) is 6.08. The van der Waals surface area contributed by atoms with E-state index >= 15 is 0 Å². The van der Waals surface area contributed by atoms with Gasteiger partial charge in [0, 0.05) is 33.4 Å². The molecule has 1 atom stereocenters. The molecule has 1 aliphatic carbocycles. The molecule has 27 heavy (non-hydrogen) atoms. The van der Waals surface area contributed by atoms with E-state index in [1.165, 1.54) is 7.11 Å². The third-order valence-electron chi connectivity index (χ3n) is 5.01. The van der Waals surface area contributed by atoms with Gasteiger partial charge in [0.2, 0.25) is 0 Å². The molecule has 0 saturated carbocycles. The summed E-state index contributed by atoms with van der Waals surface area (Å²) in [4.78, 5) is 25.7. The van der Waals surface area contributed by atoms with Crippen molar-refractivity contribution in [3.63, 3.8) is 0 Å². The Kier molecular flexibility index (Phi) is 5.29. The molecule has 2 N–H and O–H groups in total. The highest BCUT2D eigenvalue weighted by Gasteiger charge is 2.44. The number of ether oxygens (including phenoxy) is 1. The van der Waals surface area contributed by atoms with Crippen LogP contribution in [-0.2, 0) is 14.3 Å². The van der Waals surface area contributed by atoms with Crippen molar-refractivity contribution in [3.05, 3.63) is 49.2 Å². The Morgan fingerprint density at radius 2 is 1.96 bits per heavy atom. The summed E-state index contributed by atoms with van der Waals surface area (Å²) in [5.74, 6) is -1.23. The van der Waals surface area contributed by atoms with Crippen LogP contribution in [0.1, 0.15) is 45.1 Å². The Bertz CT molecular complexity index is 915. The van der Waals surface area contributed by atoms with Gasteiger partial charge >= 0.3 is 5.97 Å². The highest BCUT2D eigenvalue weighted by molar-refractivity contribution is 9.11. The van der Waals surface area contributed by atoms with Crippen molar-refractivity contribution in [2.24, 2.45) is 5.41 Å². The van der Waals surface area contributed by atoms with Gasteiger partial charge in [-0.3, -0.25) is 4.79 Å². The lowest BCUT2D eigenvalue weighted by atomic mass is 9.68. The fourth-order valence-corrected chi connectivity index (χ4v) is 5.19. The summed E-state index contributed by atoms with van der Waals surface area (Å²) in [7, 11) is 1.31. The van der Waals surface area contributed by atoms with Crippen LogP contribution >= 0.6 is 31.9 Å². The number of halogens is 2. The monoisotopic (exact) mass is 497 g/mol. The second-order valence-electron chi connectivity index (χ2n) is 7.75. The van der Waals surface area contributed by atoms with Gasteiger partial charge in [-0.15, -0.1) is 0 Å². The highest BCUT2D eigenvalue weighted by atomic mass is 79.9. The van der Waals surface area contributed by atoms with Gasteiger partial charge in [-0.25, -0.2) is 4.79 Å². The van der Waals surface area contributed by atoms with E-state index in [0.29, 0.717) is 39.7 Å². The predicted molar refractivity (Wildman–Crippen MR) is 109 cm³/mol. The Labute approximate surface area is 175 Å². The van der Waals surface area contributed by atoms with Crippen LogP contribution < -0.4 is 5.32 Å². The number of dihydropyridines is 1. The third kappa shape index (κ3) is 3.59. The molecule has 7 heteroatoms. The number of ketones is 1. The van der Waals surface area contributed by atoms with Crippen LogP contribution in [0.2, 0.25) is 0 Å². The number of carbonyl (C=O) groups excluding carboxylic acids is 2.